The lowest BCUT2D eigenvalue weighted by molar-refractivity contribution is -0.929. The molecular weight excluding hydrogens is 490 g/mol. The summed E-state index contributed by atoms with van der Waals surface area (Å²) in [5, 5.41) is 18.1. The van der Waals surface area contributed by atoms with Crippen LogP contribution in [0.4, 0.5) is 5.00 Å². The number of carbonyl (C=O) groups is 1. The van der Waals surface area contributed by atoms with E-state index in [2.05, 4.69) is 50.8 Å². The van der Waals surface area contributed by atoms with Crippen molar-refractivity contribution in [3.63, 3.8) is 0 Å². The fourth-order valence-corrected chi connectivity index (χ4v) is 6.32. The number of hydrogen-bond donors (Lipinski definition) is 4. The van der Waals surface area contributed by atoms with E-state index in [4.69, 9.17) is 4.74 Å². The standard InChI is InChI=1S/C24H24BrN3O3S/c1-2-31-18-11-15(25)10-17(21(18)29)22-26-23(30)20-16-8-9-28(12-14-6-4-3-5-7-14)13-19(16)32-24(20)27-22/h3-7,10-11,22,27,29H,2,8-9,12-13H2,1H3,(H,26,30)/p+1/t22-/m1/s1. The first kappa shape index (κ1) is 21.3. The smallest absolute Gasteiger partial charge is 0.256 e. The fraction of sp³-hybridized carbons (Fsp3) is 0.292. The van der Waals surface area contributed by atoms with E-state index in [0.29, 0.717) is 17.9 Å². The number of phenols is 1. The Morgan fingerprint density at radius 1 is 1.25 bits per heavy atom. The normalized spacial score (nSPS) is 19.5. The predicted octanol–water partition coefficient (Wildman–Crippen LogP) is 3.61. The van der Waals surface area contributed by atoms with Gasteiger partial charge in [0.05, 0.1) is 23.6 Å². The third-order valence-corrected chi connectivity index (χ3v) is 7.61. The number of benzene rings is 2. The summed E-state index contributed by atoms with van der Waals surface area (Å²) in [5.41, 5.74) is 3.83. The number of thiophene rings is 1. The zero-order valence-electron chi connectivity index (χ0n) is 17.7. The highest BCUT2D eigenvalue weighted by Crippen LogP contribution is 2.43. The van der Waals surface area contributed by atoms with Crippen molar-refractivity contribution >= 4 is 38.2 Å². The number of quaternary nitrogens is 1. The first-order valence-corrected chi connectivity index (χ1v) is 12.4. The molecule has 0 bridgehead atoms. The van der Waals surface area contributed by atoms with Crippen molar-refractivity contribution in [2.24, 2.45) is 0 Å². The van der Waals surface area contributed by atoms with Gasteiger partial charge in [-0.25, -0.2) is 0 Å². The Hall–Kier alpha value is -2.55. The second-order valence-electron chi connectivity index (χ2n) is 8.12. The van der Waals surface area contributed by atoms with Crippen molar-refractivity contribution in [2.45, 2.75) is 32.6 Å². The van der Waals surface area contributed by atoms with Gasteiger partial charge in [0.15, 0.2) is 11.5 Å². The number of phenolic OH excluding ortho intramolecular Hbond substituents is 1. The molecule has 3 aromatic rings. The molecular formula is C24H25BrN3O3S+. The van der Waals surface area contributed by atoms with Crippen LogP contribution >= 0.6 is 27.3 Å². The lowest BCUT2D eigenvalue weighted by Crippen LogP contribution is -3.10. The number of fused-ring (bicyclic) bond motifs is 3. The van der Waals surface area contributed by atoms with E-state index in [0.717, 1.165) is 41.1 Å². The molecule has 32 heavy (non-hydrogen) atoms. The molecule has 4 N–H and O–H groups in total. The predicted molar refractivity (Wildman–Crippen MR) is 129 cm³/mol. The molecule has 6 nitrogen and oxygen atoms in total. The topological polar surface area (TPSA) is 75.0 Å². The summed E-state index contributed by atoms with van der Waals surface area (Å²) in [6.07, 6.45) is 0.360. The molecule has 0 fully saturated rings. The monoisotopic (exact) mass is 514 g/mol. The van der Waals surface area contributed by atoms with Gasteiger partial charge in [0, 0.05) is 22.0 Å². The molecule has 0 spiro atoms. The number of rotatable bonds is 5. The van der Waals surface area contributed by atoms with Gasteiger partial charge in [0.1, 0.15) is 24.3 Å². The van der Waals surface area contributed by atoms with Crippen molar-refractivity contribution < 1.29 is 19.5 Å². The van der Waals surface area contributed by atoms with Gasteiger partial charge in [-0.1, -0.05) is 46.3 Å². The van der Waals surface area contributed by atoms with Crippen LogP contribution in [-0.2, 0) is 19.5 Å². The molecule has 2 aromatic carbocycles. The first-order valence-electron chi connectivity index (χ1n) is 10.8. The molecule has 0 aliphatic carbocycles. The van der Waals surface area contributed by atoms with Gasteiger partial charge in [-0.05, 0) is 24.6 Å². The number of hydrogen-bond acceptors (Lipinski definition) is 5. The molecule has 1 unspecified atom stereocenters. The quantitative estimate of drug-likeness (QED) is 0.419. The van der Waals surface area contributed by atoms with Crippen LogP contribution in [0.1, 0.15) is 45.0 Å². The van der Waals surface area contributed by atoms with Crippen LogP contribution in [0.25, 0.3) is 0 Å². The molecule has 2 atom stereocenters. The Kier molecular flexibility index (Phi) is 5.84. The van der Waals surface area contributed by atoms with E-state index in [-0.39, 0.29) is 11.7 Å². The van der Waals surface area contributed by atoms with Gasteiger partial charge in [0.25, 0.3) is 5.91 Å². The Labute approximate surface area is 199 Å². The number of halogens is 1. The van der Waals surface area contributed by atoms with Gasteiger partial charge in [-0.3, -0.25) is 4.79 Å². The summed E-state index contributed by atoms with van der Waals surface area (Å²) in [6, 6.07) is 14.1. The number of aromatic hydroxyl groups is 1. The van der Waals surface area contributed by atoms with E-state index >= 15 is 0 Å². The fourth-order valence-electron chi connectivity index (χ4n) is 4.52. The van der Waals surface area contributed by atoms with Crippen LogP contribution in [0, 0.1) is 0 Å². The average molecular weight is 515 g/mol. The summed E-state index contributed by atoms with van der Waals surface area (Å²) in [4.78, 5) is 15.9. The van der Waals surface area contributed by atoms with E-state index in [1.807, 2.05) is 13.0 Å². The van der Waals surface area contributed by atoms with Crippen molar-refractivity contribution in [3.05, 3.63) is 74.1 Å². The molecule has 1 amide bonds. The number of ether oxygens (including phenoxy) is 1. The van der Waals surface area contributed by atoms with E-state index in [1.54, 1.807) is 23.5 Å². The zero-order chi connectivity index (χ0) is 22.2. The van der Waals surface area contributed by atoms with Crippen LogP contribution in [-0.4, -0.2) is 24.2 Å². The highest BCUT2D eigenvalue weighted by molar-refractivity contribution is 9.10. The van der Waals surface area contributed by atoms with Crippen molar-refractivity contribution in [1.29, 1.82) is 0 Å². The maximum Gasteiger partial charge on any atom is 0.256 e. The minimum Gasteiger partial charge on any atom is -0.504 e. The van der Waals surface area contributed by atoms with Gasteiger partial charge in [-0.2, -0.15) is 0 Å². The second kappa shape index (κ2) is 8.77. The third kappa shape index (κ3) is 3.98. The summed E-state index contributed by atoms with van der Waals surface area (Å²) in [5.74, 6) is 0.338. The molecule has 166 valence electrons. The van der Waals surface area contributed by atoms with Gasteiger partial charge >= 0.3 is 0 Å². The second-order valence-corrected chi connectivity index (χ2v) is 10.1. The molecule has 0 radical (unpaired) electrons. The van der Waals surface area contributed by atoms with Gasteiger partial charge in [0.2, 0.25) is 0 Å². The molecule has 0 saturated heterocycles. The lowest BCUT2D eigenvalue weighted by atomic mass is 9.99. The van der Waals surface area contributed by atoms with Crippen molar-refractivity contribution in [3.8, 4) is 11.5 Å². The van der Waals surface area contributed by atoms with E-state index in [9.17, 15) is 9.90 Å². The molecule has 8 heteroatoms. The minimum absolute atomic E-state index is 0.0381. The SMILES string of the molecule is CCOc1cc(Br)cc([C@@H]2NC(=O)c3c(sc4c3CC[NH+](Cc3ccccc3)C4)N2)c1O. The van der Waals surface area contributed by atoms with Crippen LogP contribution in [0.3, 0.4) is 0 Å². The number of anilines is 1. The van der Waals surface area contributed by atoms with E-state index < -0.39 is 6.17 Å². The van der Waals surface area contributed by atoms with Crippen LogP contribution < -0.4 is 20.3 Å². The third-order valence-electron chi connectivity index (χ3n) is 5.98. The summed E-state index contributed by atoms with van der Waals surface area (Å²) < 4.78 is 6.33. The molecule has 2 aliphatic rings. The molecule has 0 saturated carbocycles. The lowest BCUT2D eigenvalue weighted by Gasteiger charge is -2.28. The Morgan fingerprint density at radius 3 is 2.84 bits per heavy atom. The maximum atomic E-state index is 13.1. The number of carbonyl (C=O) groups excluding carboxylic acids is 1. The Bertz CT molecular complexity index is 1170. The summed E-state index contributed by atoms with van der Waals surface area (Å²) in [6.45, 7) is 5.21. The van der Waals surface area contributed by atoms with Crippen LogP contribution in [0.15, 0.2) is 46.9 Å². The van der Waals surface area contributed by atoms with Crippen molar-refractivity contribution in [2.75, 3.05) is 18.5 Å². The Morgan fingerprint density at radius 2 is 2.06 bits per heavy atom. The molecule has 5 rings (SSSR count). The molecule has 3 heterocycles. The van der Waals surface area contributed by atoms with Crippen LogP contribution in [0.5, 0.6) is 11.5 Å². The molecule has 2 aliphatic heterocycles. The van der Waals surface area contributed by atoms with Gasteiger partial charge in [-0.15, -0.1) is 11.3 Å². The Balaban J connectivity index is 1.40. The van der Waals surface area contributed by atoms with E-state index in [1.165, 1.54) is 20.9 Å². The van der Waals surface area contributed by atoms with Crippen molar-refractivity contribution in [1.82, 2.24) is 5.32 Å². The summed E-state index contributed by atoms with van der Waals surface area (Å²) >= 11 is 5.14. The first-order chi connectivity index (χ1) is 15.5. The summed E-state index contributed by atoms with van der Waals surface area (Å²) in [7, 11) is 0. The van der Waals surface area contributed by atoms with Gasteiger partial charge < -0.3 is 25.4 Å². The molecule has 1 aromatic heterocycles. The number of nitrogens with one attached hydrogen (secondary N) is 3. The highest BCUT2D eigenvalue weighted by Gasteiger charge is 2.35. The number of amides is 1. The van der Waals surface area contributed by atoms with Crippen LogP contribution in [0.2, 0.25) is 0 Å². The largest absolute Gasteiger partial charge is 0.504 e. The highest BCUT2D eigenvalue weighted by atomic mass is 79.9. The minimum atomic E-state index is -0.528. The maximum absolute atomic E-state index is 13.1. The average Bonchev–Trinajstić information content (AvgIpc) is 3.15. The zero-order valence-corrected chi connectivity index (χ0v) is 20.1.